The first kappa shape index (κ1) is 12.9. The largest absolute Gasteiger partial charge is 0.310 e. The molecule has 0 fully saturated rings. The highest BCUT2D eigenvalue weighted by molar-refractivity contribution is 7.15. The zero-order valence-corrected chi connectivity index (χ0v) is 11.4. The molecular weight excluding hydrogens is 228 g/mol. The molecule has 0 aromatic carbocycles. The topological polar surface area (TPSA) is 24.9 Å². The average Bonchev–Trinajstić information content (AvgIpc) is 2.51. The van der Waals surface area contributed by atoms with Crippen LogP contribution in [0.1, 0.15) is 32.7 Å². The number of thiazole rings is 1. The van der Waals surface area contributed by atoms with Gasteiger partial charge in [0.05, 0.1) is 6.20 Å². The minimum atomic E-state index is 0.320. The molecule has 0 saturated carbocycles. The summed E-state index contributed by atoms with van der Waals surface area (Å²) in [7, 11) is 0. The van der Waals surface area contributed by atoms with Crippen LogP contribution in [0.15, 0.2) is 6.20 Å². The molecule has 0 aliphatic heterocycles. The van der Waals surface area contributed by atoms with Crippen molar-refractivity contribution in [2.45, 2.75) is 34.2 Å². The molecule has 86 valence electrons. The third-order valence-corrected chi connectivity index (χ3v) is 4.06. The average molecular weight is 247 g/mol. The van der Waals surface area contributed by atoms with Crippen molar-refractivity contribution < 1.29 is 0 Å². The number of aromatic nitrogens is 1. The van der Waals surface area contributed by atoms with Gasteiger partial charge in [0.15, 0.2) is 0 Å². The zero-order valence-electron chi connectivity index (χ0n) is 9.80. The van der Waals surface area contributed by atoms with Crippen LogP contribution in [0, 0.1) is 11.3 Å². The third-order valence-electron chi connectivity index (χ3n) is 2.95. The van der Waals surface area contributed by atoms with Crippen LogP contribution < -0.4 is 5.32 Å². The maximum absolute atomic E-state index is 5.81. The molecule has 0 aliphatic rings. The molecule has 1 aromatic heterocycles. The lowest BCUT2D eigenvalue weighted by molar-refractivity contribution is 0.238. The van der Waals surface area contributed by atoms with Crippen LogP contribution >= 0.6 is 22.9 Å². The Kier molecular flexibility index (Phi) is 4.56. The quantitative estimate of drug-likeness (QED) is 0.859. The van der Waals surface area contributed by atoms with Gasteiger partial charge in [-0.3, -0.25) is 0 Å². The lowest BCUT2D eigenvalue weighted by atomic mass is 9.81. The number of halogens is 1. The lowest BCUT2D eigenvalue weighted by Gasteiger charge is -2.29. The molecule has 2 nitrogen and oxygen atoms in total. The Bertz CT molecular complexity index is 307. The van der Waals surface area contributed by atoms with E-state index in [0.717, 1.165) is 22.4 Å². The molecule has 1 N–H and O–H groups in total. The Morgan fingerprint density at radius 1 is 1.53 bits per heavy atom. The van der Waals surface area contributed by atoms with Crippen LogP contribution in [0.3, 0.4) is 0 Å². The van der Waals surface area contributed by atoms with Crippen molar-refractivity contribution in [3.8, 4) is 0 Å². The summed E-state index contributed by atoms with van der Waals surface area (Å²) in [6.45, 7) is 10.9. The Morgan fingerprint density at radius 2 is 2.20 bits per heavy atom. The molecule has 1 heterocycles. The minimum Gasteiger partial charge on any atom is -0.310 e. The van der Waals surface area contributed by atoms with Gasteiger partial charge < -0.3 is 5.32 Å². The Balaban J connectivity index is 2.33. The molecule has 1 rings (SSSR count). The Hall–Kier alpha value is -0.120. The second kappa shape index (κ2) is 5.28. The number of rotatable bonds is 5. The Labute approximate surface area is 101 Å². The van der Waals surface area contributed by atoms with E-state index < -0.39 is 0 Å². The second-order valence-corrected chi connectivity index (χ2v) is 6.55. The SMILES string of the molecule is CC(C)C(C)(C)CNCc1ncc(Cl)s1. The van der Waals surface area contributed by atoms with Gasteiger partial charge in [-0.05, 0) is 11.3 Å². The first-order valence-electron chi connectivity index (χ1n) is 5.23. The van der Waals surface area contributed by atoms with Crippen molar-refractivity contribution in [2.24, 2.45) is 11.3 Å². The maximum atomic E-state index is 5.81. The summed E-state index contributed by atoms with van der Waals surface area (Å²) >= 11 is 7.35. The predicted molar refractivity (Wildman–Crippen MR) is 67.4 cm³/mol. The van der Waals surface area contributed by atoms with E-state index in [1.165, 1.54) is 11.3 Å². The monoisotopic (exact) mass is 246 g/mol. The van der Waals surface area contributed by atoms with Crippen LogP contribution in [0.25, 0.3) is 0 Å². The van der Waals surface area contributed by atoms with Crippen LogP contribution in [0.2, 0.25) is 4.34 Å². The van der Waals surface area contributed by atoms with Crippen molar-refractivity contribution in [3.05, 3.63) is 15.5 Å². The smallest absolute Gasteiger partial charge is 0.113 e. The zero-order chi connectivity index (χ0) is 11.5. The molecule has 0 aliphatic carbocycles. The van der Waals surface area contributed by atoms with Gasteiger partial charge in [-0.25, -0.2) is 4.98 Å². The number of hydrogen-bond acceptors (Lipinski definition) is 3. The van der Waals surface area contributed by atoms with Crippen LogP contribution in [-0.4, -0.2) is 11.5 Å². The van der Waals surface area contributed by atoms with E-state index in [4.69, 9.17) is 11.6 Å². The van der Waals surface area contributed by atoms with Gasteiger partial charge in [0.2, 0.25) is 0 Å². The summed E-state index contributed by atoms with van der Waals surface area (Å²) in [5, 5.41) is 4.48. The number of hydrogen-bond donors (Lipinski definition) is 1. The lowest BCUT2D eigenvalue weighted by Crippen LogP contribution is -2.33. The fourth-order valence-corrected chi connectivity index (χ4v) is 1.99. The summed E-state index contributed by atoms with van der Waals surface area (Å²) in [6, 6.07) is 0. The van der Waals surface area contributed by atoms with Gasteiger partial charge in [-0.1, -0.05) is 39.3 Å². The highest BCUT2D eigenvalue weighted by atomic mass is 35.5. The normalized spacial score (nSPS) is 12.4. The van der Waals surface area contributed by atoms with Crippen LogP contribution in [0.5, 0.6) is 0 Å². The summed E-state index contributed by atoms with van der Waals surface area (Å²) in [5.41, 5.74) is 0.320. The highest BCUT2D eigenvalue weighted by Crippen LogP contribution is 2.25. The van der Waals surface area contributed by atoms with Crippen molar-refractivity contribution in [1.29, 1.82) is 0 Å². The van der Waals surface area contributed by atoms with Gasteiger partial charge >= 0.3 is 0 Å². The van der Waals surface area contributed by atoms with E-state index >= 15 is 0 Å². The first-order chi connectivity index (χ1) is 6.92. The third kappa shape index (κ3) is 4.09. The fourth-order valence-electron chi connectivity index (χ4n) is 1.07. The van der Waals surface area contributed by atoms with E-state index in [-0.39, 0.29) is 0 Å². The van der Waals surface area contributed by atoms with Crippen LogP contribution in [0.4, 0.5) is 0 Å². The van der Waals surface area contributed by atoms with Crippen molar-refractivity contribution in [3.63, 3.8) is 0 Å². The molecule has 0 spiro atoms. The van der Waals surface area contributed by atoms with Gasteiger partial charge in [0, 0.05) is 13.1 Å². The number of nitrogens with zero attached hydrogens (tertiary/aromatic N) is 1. The van der Waals surface area contributed by atoms with Gasteiger partial charge in [0.25, 0.3) is 0 Å². The molecule has 0 unspecified atom stereocenters. The van der Waals surface area contributed by atoms with Crippen molar-refractivity contribution >= 4 is 22.9 Å². The molecule has 0 atom stereocenters. The van der Waals surface area contributed by atoms with E-state index in [2.05, 4.69) is 38.0 Å². The molecule has 0 radical (unpaired) electrons. The predicted octanol–water partition coefficient (Wildman–Crippen LogP) is 3.57. The van der Waals surface area contributed by atoms with Gasteiger partial charge in [-0.15, -0.1) is 11.3 Å². The summed E-state index contributed by atoms with van der Waals surface area (Å²) in [6.07, 6.45) is 1.71. The summed E-state index contributed by atoms with van der Waals surface area (Å²) in [4.78, 5) is 4.20. The minimum absolute atomic E-state index is 0.320. The molecule has 1 aromatic rings. The van der Waals surface area contributed by atoms with E-state index in [1.54, 1.807) is 6.20 Å². The Morgan fingerprint density at radius 3 is 2.67 bits per heavy atom. The molecule has 15 heavy (non-hydrogen) atoms. The van der Waals surface area contributed by atoms with Gasteiger partial charge in [0.1, 0.15) is 9.34 Å². The van der Waals surface area contributed by atoms with Crippen molar-refractivity contribution in [2.75, 3.05) is 6.54 Å². The number of nitrogens with one attached hydrogen (secondary N) is 1. The first-order valence-corrected chi connectivity index (χ1v) is 6.42. The molecule has 0 bridgehead atoms. The van der Waals surface area contributed by atoms with Gasteiger partial charge in [-0.2, -0.15) is 0 Å². The maximum Gasteiger partial charge on any atom is 0.113 e. The molecule has 0 amide bonds. The van der Waals surface area contributed by atoms with Crippen molar-refractivity contribution in [1.82, 2.24) is 10.3 Å². The standard InChI is InChI=1S/C11H19ClN2S/c1-8(2)11(3,4)7-13-6-10-14-5-9(12)15-10/h5,8,13H,6-7H2,1-4H3. The van der Waals surface area contributed by atoms with E-state index in [9.17, 15) is 0 Å². The second-order valence-electron chi connectivity index (χ2n) is 4.80. The fraction of sp³-hybridized carbons (Fsp3) is 0.727. The highest BCUT2D eigenvalue weighted by Gasteiger charge is 2.21. The van der Waals surface area contributed by atoms with E-state index in [0.29, 0.717) is 11.3 Å². The molecule has 4 heteroatoms. The van der Waals surface area contributed by atoms with E-state index in [1.807, 2.05) is 0 Å². The molecule has 0 saturated heterocycles. The summed E-state index contributed by atoms with van der Waals surface area (Å²) in [5.74, 6) is 0.671. The van der Waals surface area contributed by atoms with Crippen LogP contribution in [-0.2, 0) is 6.54 Å². The molecular formula is C11H19ClN2S. The summed E-state index contributed by atoms with van der Waals surface area (Å²) < 4.78 is 0.759.